The number of anilines is 1. The second kappa shape index (κ2) is 5.96. The summed E-state index contributed by atoms with van der Waals surface area (Å²) in [5.74, 6) is 0.117. The summed E-state index contributed by atoms with van der Waals surface area (Å²) in [4.78, 5) is 19.3. The summed E-state index contributed by atoms with van der Waals surface area (Å²) in [6.45, 7) is 0.470. The van der Waals surface area contributed by atoms with Crippen LogP contribution >= 0.6 is 0 Å². The van der Waals surface area contributed by atoms with Crippen molar-refractivity contribution >= 4 is 12.1 Å². The Bertz CT molecular complexity index is 675. The first-order valence-corrected chi connectivity index (χ1v) is 6.92. The number of hydrogen-bond acceptors (Lipinski definition) is 5. The van der Waals surface area contributed by atoms with Crippen molar-refractivity contribution in [3.63, 3.8) is 0 Å². The van der Waals surface area contributed by atoms with Gasteiger partial charge in [-0.3, -0.25) is 9.99 Å². The average Bonchev–Trinajstić information content (AvgIpc) is 2.99. The minimum absolute atomic E-state index is 0.148. The summed E-state index contributed by atoms with van der Waals surface area (Å²) in [6, 6.07) is 5.26. The number of nitrogens with one attached hydrogen (secondary N) is 1. The number of carbonyl (C=O) groups is 1. The normalized spacial score (nSPS) is 21.4. The molecule has 0 saturated carbocycles. The molecule has 1 saturated heterocycles. The Balaban J connectivity index is 1.85. The summed E-state index contributed by atoms with van der Waals surface area (Å²) in [5.41, 5.74) is 3.07. The molecule has 5 nitrogen and oxygen atoms in total. The Hall–Kier alpha value is -2.48. The standard InChI is InChI=1S/C15H13F3N4O/c16-15(17,18)11-3-4-14(20-7-11)22-13(9-23)12(8-21-22)10-2-1-5-19-6-10/h1-7,9,12-13,21H,8H2. The van der Waals surface area contributed by atoms with Gasteiger partial charge in [-0.15, -0.1) is 0 Å². The summed E-state index contributed by atoms with van der Waals surface area (Å²) < 4.78 is 37.8. The first-order valence-electron chi connectivity index (χ1n) is 6.92. The van der Waals surface area contributed by atoms with E-state index in [0.29, 0.717) is 6.54 Å². The van der Waals surface area contributed by atoms with E-state index in [-0.39, 0.29) is 11.7 Å². The number of aromatic nitrogens is 2. The number of hydrazine groups is 1. The van der Waals surface area contributed by atoms with Gasteiger partial charge in [0.05, 0.1) is 5.56 Å². The molecular formula is C15H13F3N4O. The number of aldehydes is 1. The molecule has 1 aliphatic rings. The van der Waals surface area contributed by atoms with E-state index in [1.807, 2.05) is 6.07 Å². The van der Waals surface area contributed by atoms with Gasteiger partial charge in [0.25, 0.3) is 0 Å². The van der Waals surface area contributed by atoms with Gasteiger partial charge in [0.1, 0.15) is 18.1 Å². The summed E-state index contributed by atoms with van der Waals surface area (Å²) >= 11 is 0. The molecule has 0 radical (unpaired) electrons. The van der Waals surface area contributed by atoms with Gasteiger partial charge in [0, 0.05) is 31.1 Å². The SMILES string of the molecule is O=CC1C(c2cccnc2)CNN1c1ccc(C(F)(F)F)cn1. The van der Waals surface area contributed by atoms with Crippen molar-refractivity contribution in [2.24, 2.45) is 0 Å². The van der Waals surface area contributed by atoms with E-state index in [1.54, 1.807) is 18.5 Å². The number of hydrogen-bond donors (Lipinski definition) is 1. The molecule has 1 aliphatic heterocycles. The van der Waals surface area contributed by atoms with Crippen molar-refractivity contribution in [1.82, 2.24) is 15.4 Å². The fourth-order valence-electron chi connectivity index (χ4n) is 2.60. The van der Waals surface area contributed by atoms with Crippen LogP contribution in [0.3, 0.4) is 0 Å². The van der Waals surface area contributed by atoms with Crippen LogP contribution in [-0.4, -0.2) is 28.8 Å². The zero-order chi connectivity index (χ0) is 16.4. The third kappa shape index (κ3) is 3.02. The molecule has 23 heavy (non-hydrogen) atoms. The molecule has 1 N–H and O–H groups in total. The number of nitrogens with zero attached hydrogens (tertiary/aromatic N) is 3. The number of carbonyl (C=O) groups excluding carboxylic acids is 1. The van der Waals surface area contributed by atoms with Gasteiger partial charge in [0.15, 0.2) is 0 Å². The molecule has 0 bridgehead atoms. The predicted octanol–water partition coefficient (Wildman–Crippen LogP) is 2.17. The van der Waals surface area contributed by atoms with Gasteiger partial charge >= 0.3 is 6.18 Å². The summed E-state index contributed by atoms with van der Waals surface area (Å²) in [6.07, 6.45) is 0.392. The van der Waals surface area contributed by atoms with E-state index >= 15 is 0 Å². The van der Waals surface area contributed by atoms with Crippen molar-refractivity contribution in [3.05, 3.63) is 54.0 Å². The minimum Gasteiger partial charge on any atom is -0.301 e. The lowest BCUT2D eigenvalue weighted by molar-refractivity contribution is -0.137. The fourth-order valence-corrected chi connectivity index (χ4v) is 2.60. The van der Waals surface area contributed by atoms with Gasteiger partial charge in [-0.25, -0.2) is 10.4 Å². The number of rotatable bonds is 3. The lowest BCUT2D eigenvalue weighted by Gasteiger charge is -2.23. The second-order valence-corrected chi connectivity index (χ2v) is 5.15. The van der Waals surface area contributed by atoms with Gasteiger partial charge in [0.2, 0.25) is 0 Å². The number of halogens is 3. The lowest BCUT2D eigenvalue weighted by Crippen LogP contribution is -2.39. The van der Waals surface area contributed by atoms with Crippen LogP contribution in [-0.2, 0) is 11.0 Å². The molecule has 1 fully saturated rings. The third-order valence-electron chi connectivity index (χ3n) is 3.77. The van der Waals surface area contributed by atoms with Crippen molar-refractivity contribution in [1.29, 1.82) is 0 Å². The molecule has 2 unspecified atom stereocenters. The Labute approximate surface area is 130 Å². The van der Waals surface area contributed by atoms with Crippen LogP contribution in [0.1, 0.15) is 17.0 Å². The van der Waals surface area contributed by atoms with Crippen LogP contribution in [0.4, 0.5) is 19.0 Å². The highest BCUT2D eigenvalue weighted by atomic mass is 19.4. The van der Waals surface area contributed by atoms with Gasteiger partial charge < -0.3 is 4.79 Å². The second-order valence-electron chi connectivity index (χ2n) is 5.15. The quantitative estimate of drug-likeness (QED) is 0.878. The smallest absolute Gasteiger partial charge is 0.301 e. The maximum absolute atomic E-state index is 12.6. The predicted molar refractivity (Wildman–Crippen MR) is 76.6 cm³/mol. The minimum atomic E-state index is -4.44. The highest BCUT2D eigenvalue weighted by molar-refractivity contribution is 5.68. The van der Waals surface area contributed by atoms with Crippen molar-refractivity contribution in [3.8, 4) is 0 Å². The highest BCUT2D eigenvalue weighted by Crippen LogP contribution is 2.32. The number of pyridine rings is 2. The molecule has 2 aromatic heterocycles. The van der Waals surface area contributed by atoms with Crippen molar-refractivity contribution in [2.45, 2.75) is 18.1 Å². The van der Waals surface area contributed by atoms with E-state index in [4.69, 9.17) is 0 Å². The maximum atomic E-state index is 12.6. The topological polar surface area (TPSA) is 58.1 Å². The third-order valence-corrected chi connectivity index (χ3v) is 3.77. The van der Waals surface area contributed by atoms with Gasteiger partial charge in [-0.05, 0) is 23.8 Å². The Kier molecular flexibility index (Phi) is 3.99. The van der Waals surface area contributed by atoms with Crippen molar-refractivity contribution in [2.75, 3.05) is 11.6 Å². The van der Waals surface area contributed by atoms with Gasteiger partial charge in [-0.2, -0.15) is 13.2 Å². The van der Waals surface area contributed by atoms with Crippen LogP contribution in [0.2, 0.25) is 0 Å². The molecule has 2 atom stereocenters. The first-order chi connectivity index (χ1) is 11.0. The Morgan fingerprint density at radius 3 is 2.65 bits per heavy atom. The highest BCUT2D eigenvalue weighted by Gasteiger charge is 2.37. The Morgan fingerprint density at radius 2 is 2.09 bits per heavy atom. The summed E-state index contributed by atoms with van der Waals surface area (Å²) in [7, 11) is 0. The molecule has 0 aliphatic carbocycles. The zero-order valence-electron chi connectivity index (χ0n) is 11.9. The van der Waals surface area contributed by atoms with E-state index < -0.39 is 17.8 Å². The van der Waals surface area contributed by atoms with Crippen LogP contribution in [0.15, 0.2) is 42.9 Å². The fraction of sp³-hybridized carbons (Fsp3) is 0.267. The molecule has 2 aromatic rings. The van der Waals surface area contributed by atoms with E-state index in [0.717, 1.165) is 24.1 Å². The Morgan fingerprint density at radius 1 is 1.26 bits per heavy atom. The molecule has 0 spiro atoms. The molecule has 120 valence electrons. The first kappa shape index (κ1) is 15.4. The summed E-state index contributed by atoms with van der Waals surface area (Å²) in [5, 5.41) is 1.49. The molecule has 8 heteroatoms. The van der Waals surface area contributed by atoms with E-state index in [9.17, 15) is 18.0 Å². The molecule has 3 rings (SSSR count). The van der Waals surface area contributed by atoms with Crippen LogP contribution < -0.4 is 10.4 Å². The molecular weight excluding hydrogens is 309 g/mol. The monoisotopic (exact) mass is 322 g/mol. The molecule has 0 aromatic carbocycles. The van der Waals surface area contributed by atoms with Gasteiger partial charge in [-0.1, -0.05) is 6.07 Å². The van der Waals surface area contributed by atoms with E-state index in [1.165, 1.54) is 11.1 Å². The van der Waals surface area contributed by atoms with E-state index in [2.05, 4.69) is 15.4 Å². The van der Waals surface area contributed by atoms with Crippen LogP contribution in [0.5, 0.6) is 0 Å². The zero-order valence-corrected chi connectivity index (χ0v) is 11.9. The molecule has 0 amide bonds. The lowest BCUT2D eigenvalue weighted by atomic mass is 9.95. The van der Waals surface area contributed by atoms with Crippen LogP contribution in [0.25, 0.3) is 0 Å². The maximum Gasteiger partial charge on any atom is 0.417 e. The average molecular weight is 322 g/mol. The van der Waals surface area contributed by atoms with Crippen LogP contribution in [0, 0.1) is 0 Å². The number of alkyl halides is 3. The largest absolute Gasteiger partial charge is 0.417 e. The van der Waals surface area contributed by atoms with Crippen molar-refractivity contribution < 1.29 is 18.0 Å². The molecule has 3 heterocycles.